The van der Waals surface area contributed by atoms with Crippen LogP contribution in [0.1, 0.15) is 55.0 Å². The molecular weight excluding hydrogens is 1210 g/mol. The highest BCUT2D eigenvalue weighted by atomic mass is 79.9. The van der Waals surface area contributed by atoms with E-state index in [4.69, 9.17) is 18.3 Å². The number of alkyl halides is 5. The molecule has 4 saturated heterocycles. The number of carbonyl (C=O) groups excluding carboxylic acids is 4. The molecule has 468 valence electrons. The van der Waals surface area contributed by atoms with Gasteiger partial charge in [0.2, 0.25) is 23.6 Å². The molecule has 4 aromatic carbocycles. The average Bonchev–Trinajstić information content (AvgIpc) is 3.25. The van der Waals surface area contributed by atoms with Crippen molar-refractivity contribution in [2.75, 3.05) is 140 Å². The Balaban J connectivity index is 0.000000191. The van der Waals surface area contributed by atoms with E-state index in [0.29, 0.717) is 88.9 Å². The number of benzene rings is 4. The summed E-state index contributed by atoms with van der Waals surface area (Å²) < 4.78 is 101. The fourth-order valence-electron chi connectivity index (χ4n) is 9.78. The van der Waals surface area contributed by atoms with Crippen molar-refractivity contribution in [2.45, 2.75) is 45.2 Å². The van der Waals surface area contributed by atoms with Gasteiger partial charge in [-0.25, -0.2) is 18.4 Å². The number of anilines is 2. The molecule has 2 aromatic heterocycles. The number of amides is 6. The summed E-state index contributed by atoms with van der Waals surface area (Å²) in [7, 11) is 0. The van der Waals surface area contributed by atoms with Gasteiger partial charge < -0.3 is 38.7 Å². The molecule has 10 rings (SSSR count). The Morgan fingerprint density at radius 2 is 0.931 bits per heavy atom. The number of urea groups is 2. The second-order valence-corrected chi connectivity index (χ2v) is 21.3. The van der Waals surface area contributed by atoms with Gasteiger partial charge in [0.25, 0.3) is 11.8 Å². The van der Waals surface area contributed by atoms with Gasteiger partial charge in [-0.2, -0.15) is 17.6 Å². The second kappa shape index (κ2) is 33.6. The first-order chi connectivity index (χ1) is 42.2. The standard InChI is InChI=1S/C29H34F3N7O4.C19H16BrF3N4O2.C11H20N2O2/c30-24-18-21(27-34-35-28(43-27)26(31)32)6-7-22(24)19-39(23-4-2-1-3-5-23)29(41)33-8-9-36-10-12-37(13-11-36)20-25(40)38-14-16-42-17-15-38;20-8-9-24-19(28)27(14-4-2-1-3-5-14)11-13-7-6-12(10-15(13)21)17-25-26-18(29-17)16(22)23;14-11(13-6-8-15-9-7-13)10-12-4-2-1-3-5-12/h1-7,18,26H,8-17,19-20H2,(H,33,41);1-7,10,16H,8-9,11H2,(H,24,28);1-10H2. The highest BCUT2D eigenvalue weighted by Gasteiger charge is 2.27. The van der Waals surface area contributed by atoms with E-state index in [1.54, 1.807) is 48.5 Å². The minimum atomic E-state index is -2.93. The van der Waals surface area contributed by atoms with Crippen LogP contribution in [0.5, 0.6) is 0 Å². The molecule has 28 heteroatoms. The third-order valence-electron chi connectivity index (χ3n) is 14.6. The van der Waals surface area contributed by atoms with E-state index in [2.05, 4.69) is 61.7 Å². The van der Waals surface area contributed by atoms with Crippen molar-refractivity contribution in [1.82, 2.24) is 55.5 Å². The molecule has 0 aliphatic carbocycles. The normalized spacial score (nSPS) is 15.9. The lowest BCUT2D eigenvalue weighted by atomic mass is 10.1. The Bertz CT molecular complexity index is 3110. The molecular formula is C59H70BrF6N13O8. The van der Waals surface area contributed by atoms with Crippen LogP contribution in [0.2, 0.25) is 0 Å². The molecule has 0 atom stereocenters. The molecule has 6 heterocycles. The van der Waals surface area contributed by atoms with Crippen molar-refractivity contribution in [2.24, 2.45) is 0 Å². The Hall–Kier alpha value is -7.50. The van der Waals surface area contributed by atoms with Crippen LogP contribution in [0.3, 0.4) is 0 Å². The zero-order chi connectivity index (χ0) is 61.5. The fraction of sp³-hybridized carbons (Fsp3) is 0.458. The first kappa shape index (κ1) is 65.5. The number of para-hydroxylation sites is 2. The fourth-order valence-corrected chi connectivity index (χ4v) is 9.97. The molecule has 4 fully saturated rings. The number of likely N-dealkylation sites (tertiary alicyclic amines) is 1. The largest absolute Gasteiger partial charge is 0.415 e. The molecule has 6 amide bonds. The van der Waals surface area contributed by atoms with E-state index in [0.717, 1.165) is 64.5 Å². The monoisotopic (exact) mass is 1280 g/mol. The summed E-state index contributed by atoms with van der Waals surface area (Å²) >= 11 is 3.24. The van der Waals surface area contributed by atoms with Crippen molar-refractivity contribution < 1.29 is 63.8 Å². The van der Waals surface area contributed by atoms with Gasteiger partial charge in [0.15, 0.2) is 0 Å². The number of hydrogen-bond acceptors (Lipinski definition) is 15. The number of piperidine rings is 1. The zero-order valence-electron chi connectivity index (χ0n) is 47.9. The Morgan fingerprint density at radius 1 is 0.517 bits per heavy atom. The maximum absolute atomic E-state index is 15.1. The van der Waals surface area contributed by atoms with Gasteiger partial charge in [-0.05, 0) is 74.5 Å². The number of nitrogens with zero attached hydrogens (tertiary/aromatic N) is 11. The molecule has 87 heavy (non-hydrogen) atoms. The van der Waals surface area contributed by atoms with Gasteiger partial charge in [-0.3, -0.25) is 34.1 Å². The Kier molecular flexibility index (Phi) is 25.3. The quantitative estimate of drug-likeness (QED) is 0.0577. The zero-order valence-corrected chi connectivity index (χ0v) is 49.5. The number of rotatable bonds is 19. The number of halogens is 7. The first-order valence-electron chi connectivity index (χ1n) is 28.7. The molecule has 6 aromatic rings. The number of piperazine rings is 1. The van der Waals surface area contributed by atoms with Crippen LogP contribution >= 0.6 is 15.9 Å². The van der Waals surface area contributed by atoms with Crippen LogP contribution in [0.15, 0.2) is 106 Å². The molecule has 21 nitrogen and oxygen atoms in total. The Morgan fingerprint density at radius 3 is 1.33 bits per heavy atom. The minimum Gasteiger partial charge on any atom is -0.415 e. The van der Waals surface area contributed by atoms with E-state index in [1.807, 2.05) is 21.9 Å². The average molecular weight is 1280 g/mol. The summed E-state index contributed by atoms with van der Waals surface area (Å²) in [5.74, 6) is -2.97. The highest BCUT2D eigenvalue weighted by Crippen LogP contribution is 2.29. The van der Waals surface area contributed by atoms with Crippen molar-refractivity contribution in [3.63, 3.8) is 0 Å². The van der Waals surface area contributed by atoms with E-state index in [1.165, 1.54) is 53.3 Å². The summed E-state index contributed by atoms with van der Waals surface area (Å²) in [5, 5.41) is 19.8. The third-order valence-corrected chi connectivity index (χ3v) is 15.0. The molecule has 4 aliphatic rings. The Labute approximate surface area is 508 Å². The van der Waals surface area contributed by atoms with Gasteiger partial charge >= 0.3 is 24.9 Å². The van der Waals surface area contributed by atoms with Crippen LogP contribution in [-0.4, -0.2) is 199 Å². The number of carbonyl (C=O) groups is 4. The van der Waals surface area contributed by atoms with Crippen LogP contribution in [0.25, 0.3) is 22.9 Å². The molecule has 0 unspecified atom stereocenters. The molecule has 0 radical (unpaired) electrons. The predicted octanol–water partition coefficient (Wildman–Crippen LogP) is 8.26. The summed E-state index contributed by atoms with van der Waals surface area (Å²) in [6.07, 6.45) is -2.02. The lowest BCUT2D eigenvalue weighted by Gasteiger charge is -2.36. The maximum atomic E-state index is 15.1. The summed E-state index contributed by atoms with van der Waals surface area (Å²) in [6, 6.07) is 25.1. The van der Waals surface area contributed by atoms with Gasteiger partial charge in [0.05, 0.1) is 52.6 Å². The van der Waals surface area contributed by atoms with E-state index >= 15 is 4.39 Å². The lowest BCUT2D eigenvalue weighted by molar-refractivity contribution is -0.137. The van der Waals surface area contributed by atoms with Crippen molar-refractivity contribution in [1.29, 1.82) is 0 Å². The second-order valence-electron chi connectivity index (χ2n) is 20.5. The van der Waals surface area contributed by atoms with Gasteiger partial charge in [0.1, 0.15) is 11.6 Å². The van der Waals surface area contributed by atoms with Gasteiger partial charge in [-0.15, -0.1) is 20.4 Å². The molecule has 2 N–H and O–H groups in total. The summed E-state index contributed by atoms with van der Waals surface area (Å²) in [4.78, 5) is 63.6. The third kappa shape index (κ3) is 19.8. The van der Waals surface area contributed by atoms with Crippen LogP contribution in [0, 0.1) is 11.6 Å². The maximum Gasteiger partial charge on any atom is 0.322 e. The SMILES string of the molecule is O=C(CN1CCCCC1)N1CCOCC1.O=C(CN1CCN(CCNC(=O)N(Cc2ccc(-c3nnc(C(F)F)o3)cc2F)c2ccccc2)CC1)N1CCOCC1.O=C(NCCBr)N(Cc1ccc(-c2nnc(C(F)F)o2)cc1F)c1ccccc1. The highest BCUT2D eigenvalue weighted by molar-refractivity contribution is 9.09. The van der Waals surface area contributed by atoms with Crippen LogP contribution in [-0.2, 0) is 32.2 Å². The predicted molar refractivity (Wildman–Crippen MR) is 313 cm³/mol. The van der Waals surface area contributed by atoms with Crippen molar-refractivity contribution >= 4 is 51.2 Å². The van der Waals surface area contributed by atoms with Crippen LogP contribution < -0.4 is 20.4 Å². The summed E-state index contributed by atoms with van der Waals surface area (Å²) in [6.45, 7) is 13.0. The van der Waals surface area contributed by atoms with E-state index in [-0.39, 0.29) is 71.0 Å². The number of morpholine rings is 2. The number of ether oxygens (including phenoxy) is 2. The molecule has 0 bridgehead atoms. The minimum absolute atomic E-state index is 0.0314. The van der Waals surface area contributed by atoms with E-state index < -0.39 is 36.3 Å². The van der Waals surface area contributed by atoms with Crippen molar-refractivity contribution in [3.05, 3.63) is 132 Å². The number of hydrogen-bond donors (Lipinski definition) is 2. The van der Waals surface area contributed by atoms with Gasteiger partial charge in [0, 0.05) is 111 Å². The molecule has 0 saturated carbocycles. The van der Waals surface area contributed by atoms with Gasteiger partial charge in [-0.1, -0.05) is 70.9 Å². The lowest BCUT2D eigenvalue weighted by Crippen LogP contribution is -2.52. The number of aromatic nitrogens is 4. The molecule has 0 spiro atoms. The molecule has 4 aliphatic heterocycles. The first-order valence-corrected chi connectivity index (χ1v) is 29.8. The van der Waals surface area contributed by atoms with E-state index in [9.17, 15) is 41.1 Å². The smallest absolute Gasteiger partial charge is 0.322 e. The van der Waals surface area contributed by atoms with Crippen LogP contribution in [0.4, 0.5) is 47.3 Å². The summed E-state index contributed by atoms with van der Waals surface area (Å²) in [5.41, 5.74) is 1.96. The number of nitrogens with one attached hydrogen (secondary N) is 2. The topological polar surface area (TPSA) is 211 Å². The van der Waals surface area contributed by atoms with Crippen molar-refractivity contribution in [3.8, 4) is 22.9 Å².